The van der Waals surface area contributed by atoms with Crippen LogP contribution >= 0.6 is 0 Å². The number of carbonyl (C=O) groups is 2. The van der Waals surface area contributed by atoms with Crippen molar-refractivity contribution in [3.63, 3.8) is 0 Å². The van der Waals surface area contributed by atoms with Gasteiger partial charge in [-0.1, -0.05) is 0 Å². The van der Waals surface area contributed by atoms with E-state index >= 15 is 0 Å². The molecule has 1 aliphatic heterocycles. The maximum atomic E-state index is 12.6. The van der Waals surface area contributed by atoms with E-state index in [0.29, 0.717) is 6.54 Å². The molecule has 7 nitrogen and oxygen atoms in total. The molecule has 3 rings (SSSR count). The molecule has 7 heteroatoms. The van der Waals surface area contributed by atoms with Crippen molar-refractivity contribution in [2.45, 2.75) is 19.3 Å². The molecule has 1 saturated heterocycles. The Kier molecular flexibility index (Phi) is 6.94. The van der Waals surface area contributed by atoms with E-state index in [-0.39, 0.29) is 18.9 Å². The molecule has 1 aliphatic rings. The van der Waals surface area contributed by atoms with E-state index in [2.05, 4.69) is 10.2 Å². The lowest BCUT2D eigenvalue weighted by Crippen LogP contribution is -2.35. The maximum Gasteiger partial charge on any atom is 0.243 e. The van der Waals surface area contributed by atoms with E-state index in [9.17, 15) is 9.59 Å². The molecule has 29 heavy (non-hydrogen) atoms. The Morgan fingerprint density at radius 1 is 1.07 bits per heavy atom. The minimum Gasteiger partial charge on any atom is -0.497 e. The summed E-state index contributed by atoms with van der Waals surface area (Å²) in [4.78, 5) is 28.0. The molecule has 0 aliphatic carbocycles. The predicted molar refractivity (Wildman–Crippen MR) is 116 cm³/mol. The fourth-order valence-corrected chi connectivity index (χ4v) is 3.44. The summed E-state index contributed by atoms with van der Waals surface area (Å²) in [7, 11) is 1.60. The van der Waals surface area contributed by atoms with Gasteiger partial charge in [0.15, 0.2) is 0 Å². The zero-order chi connectivity index (χ0) is 20.6. The molecule has 0 spiro atoms. The third-order valence-electron chi connectivity index (χ3n) is 5.02. The molecule has 0 bridgehead atoms. The predicted octanol–water partition coefficient (Wildman–Crippen LogP) is 2.62. The van der Waals surface area contributed by atoms with Crippen molar-refractivity contribution in [1.29, 1.82) is 0 Å². The molecule has 3 N–H and O–H groups in total. The number of hydrogen-bond acceptors (Lipinski definition) is 5. The van der Waals surface area contributed by atoms with Gasteiger partial charge >= 0.3 is 0 Å². The van der Waals surface area contributed by atoms with Gasteiger partial charge in [0.25, 0.3) is 0 Å². The van der Waals surface area contributed by atoms with E-state index in [1.807, 2.05) is 53.4 Å². The number of ether oxygens (including phenoxy) is 1. The monoisotopic (exact) mass is 396 g/mol. The zero-order valence-corrected chi connectivity index (χ0v) is 16.8. The minimum atomic E-state index is -0.401. The number of benzene rings is 2. The highest BCUT2D eigenvalue weighted by Gasteiger charge is 2.15. The largest absolute Gasteiger partial charge is 0.497 e. The first-order valence-corrected chi connectivity index (χ1v) is 9.87. The molecular weight excluding hydrogens is 368 g/mol. The van der Waals surface area contributed by atoms with E-state index in [1.54, 1.807) is 7.11 Å². The second-order valence-corrected chi connectivity index (χ2v) is 7.13. The van der Waals surface area contributed by atoms with Crippen molar-refractivity contribution in [3.05, 3.63) is 48.5 Å². The number of carbonyl (C=O) groups excluding carboxylic acids is 2. The van der Waals surface area contributed by atoms with Crippen molar-refractivity contribution in [2.24, 2.45) is 5.73 Å². The highest BCUT2D eigenvalue weighted by molar-refractivity contribution is 5.94. The fourth-order valence-electron chi connectivity index (χ4n) is 3.44. The second kappa shape index (κ2) is 9.82. The minimum absolute atomic E-state index is 0.119. The van der Waals surface area contributed by atoms with Gasteiger partial charge in [0.05, 0.1) is 13.7 Å². The van der Waals surface area contributed by atoms with Crippen LogP contribution in [0.15, 0.2) is 48.5 Å². The highest BCUT2D eigenvalue weighted by Crippen LogP contribution is 2.23. The third-order valence-corrected chi connectivity index (χ3v) is 5.02. The number of anilines is 3. The molecule has 0 radical (unpaired) electrons. The molecule has 0 unspecified atom stereocenters. The lowest BCUT2D eigenvalue weighted by atomic mass is 10.2. The van der Waals surface area contributed by atoms with Gasteiger partial charge in [0.2, 0.25) is 11.8 Å². The van der Waals surface area contributed by atoms with Crippen LogP contribution in [0.2, 0.25) is 0 Å². The number of nitrogens with two attached hydrogens (primary N) is 1. The van der Waals surface area contributed by atoms with Gasteiger partial charge in [-0.2, -0.15) is 0 Å². The highest BCUT2D eigenvalue weighted by atomic mass is 16.5. The number of nitrogens with zero attached hydrogens (tertiary/aromatic N) is 2. The average Bonchev–Trinajstić information content (AvgIpc) is 3.26. The summed E-state index contributed by atoms with van der Waals surface area (Å²) in [5.74, 6) is 0.173. The molecule has 0 atom stereocenters. The number of nitrogens with one attached hydrogen (secondary N) is 1. The summed E-state index contributed by atoms with van der Waals surface area (Å²) in [5, 5.41) is 2.93. The normalized spacial score (nSPS) is 13.2. The summed E-state index contributed by atoms with van der Waals surface area (Å²) < 4.78 is 5.18. The number of rotatable bonds is 9. The van der Waals surface area contributed by atoms with Crippen LogP contribution in [0.25, 0.3) is 0 Å². The van der Waals surface area contributed by atoms with Gasteiger partial charge in [-0.3, -0.25) is 9.59 Å². The van der Waals surface area contributed by atoms with Crippen LogP contribution in [0.5, 0.6) is 5.75 Å². The molecule has 0 aromatic heterocycles. The van der Waals surface area contributed by atoms with Gasteiger partial charge in [-0.25, -0.2) is 0 Å². The Morgan fingerprint density at radius 2 is 1.72 bits per heavy atom. The number of hydrogen-bond donors (Lipinski definition) is 2. The van der Waals surface area contributed by atoms with E-state index < -0.39 is 5.91 Å². The van der Waals surface area contributed by atoms with Gasteiger partial charge in [-0.15, -0.1) is 0 Å². The van der Waals surface area contributed by atoms with Crippen LogP contribution in [0.1, 0.15) is 19.3 Å². The molecule has 2 aromatic rings. The summed E-state index contributed by atoms with van der Waals surface area (Å²) in [6.45, 7) is 2.65. The van der Waals surface area contributed by atoms with Crippen LogP contribution in [0.4, 0.5) is 17.1 Å². The lowest BCUT2D eigenvalue weighted by Gasteiger charge is -2.24. The molecule has 1 heterocycles. The van der Waals surface area contributed by atoms with Crippen molar-refractivity contribution in [1.82, 2.24) is 0 Å². The first-order valence-electron chi connectivity index (χ1n) is 9.87. The molecule has 154 valence electrons. The summed E-state index contributed by atoms with van der Waals surface area (Å²) >= 11 is 0. The third kappa shape index (κ3) is 5.88. The van der Waals surface area contributed by atoms with Gasteiger partial charge in [0.1, 0.15) is 5.75 Å². The maximum absolute atomic E-state index is 12.6. The van der Waals surface area contributed by atoms with Crippen LogP contribution in [-0.2, 0) is 9.59 Å². The second-order valence-electron chi connectivity index (χ2n) is 7.13. The Labute approximate surface area is 171 Å². The molecule has 0 saturated carbocycles. The van der Waals surface area contributed by atoms with Crippen LogP contribution in [0, 0.1) is 0 Å². The van der Waals surface area contributed by atoms with Crippen LogP contribution in [-0.4, -0.2) is 45.1 Å². The summed E-state index contributed by atoms with van der Waals surface area (Å²) in [5.41, 5.74) is 8.05. The lowest BCUT2D eigenvalue weighted by molar-refractivity contribution is -0.118. The van der Waals surface area contributed by atoms with E-state index in [1.165, 1.54) is 18.5 Å². The SMILES string of the molecule is COc1ccc(N(CCC(N)=O)CC(=O)Nc2ccc(N3CCCC3)cc2)cc1. The van der Waals surface area contributed by atoms with Gasteiger partial charge in [-0.05, 0) is 61.4 Å². The number of primary amides is 1. The standard InChI is InChI=1S/C22H28N4O3/c1-29-20-10-8-19(9-11-20)26(15-12-21(23)27)16-22(28)24-17-4-6-18(7-5-17)25-13-2-3-14-25/h4-11H,2-3,12-16H2,1H3,(H2,23,27)(H,24,28). The van der Waals surface area contributed by atoms with Gasteiger partial charge < -0.3 is 25.6 Å². The fraction of sp³-hybridized carbons (Fsp3) is 0.364. The molecule has 1 fully saturated rings. The number of amides is 2. The first-order chi connectivity index (χ1) is 14.0. The molecule has 2 amide bonds. The van der Waals surface area contributed by atoms with Gasteiger partial charge in [0, 0.05) is 43.1 Å². The van der Waals surface area contributed by atoms with Crippen molar-refractivity contribution in [3.8, 4) is 5.75 Å². The first kappa shape index (κ1) is 20.5. The quantitative estimate of drug-likeness (QED) is 0.680. The summed E-state index contributed by atoms with van der Waals surface area (Å²) in [6.07, 6.45) is 2.62. The van der Waals surface area contributed by atoms with E-state index in [4.69, 9.17) is 10.5 Å². The van der Waals surface area contributed by atoms with E-state index in [0.717, 1.165) is 30.2 Å². The zero-order valence-electron chi connectivity index (χ0n) is 16.8. The Hall–Kier alpha value is -3.22. The Morgan fingerprint density at radius 3 is 2.31 bits per heavy atom. The number of methoxy groups -OCH3 is 1. The van der Waals surface area contributed by atoms with Crippen molar-refractivity contribution in [2.75, 3.05) is 48.4 Å². The van der Waals surface area contributed by atoms with Crippen LogP contribution < -0.4 is 25.6 Å². The average molecular weight is 396 g/mol. The van der Waals surface area contributed by atoms with Crippen molar-refractivity contribution >= 4 is 28.9 Å². The Bertz CT molecular complexity index is 815. The molecule has 2 aromatic carbocycles. The smallest absolute Gasteiger partial charge is 0.243 e. The van der Waals surface area contributed by atoms with Crippen molar-refractivity contribution < 1.29 is 14.3 Å². The molecular formula is C22H28N4O3. The van der Waals surface area contributed by atoms with Crippen LogP contribution in [0.3, 0.4) is 0 Å². The topological polar surface area (TPSA) is 87.9 Å². The Balaban J connectivity index is 1.62. The summed E-state index contributed by atoms with van der Waals surface area (Å²) in [6, 6.07) is 15.3.